The summed E-state index contributed by atoms with van der Waals surface area (Å²) in [5.74, 6) is -0.0355. The topological polar surface area (TPSA) is 75.4 Å². The molecule has 1 aliphatic heterocycles. The Morgan fingerprint density at radius 1 is 1.30 bits per heavy atom. The van der Waals surface area contributed by atoms with Gasteiger partial charge in [0.05, 0.1) is 5.56 Å². The van der Waals surface area contributed by atoms with Crippen LogP contribution in [-0.2, 0) is 4.79 Å². The Kier molecular flexibility index (Phi) is 8.58. The average Bonchev–Trinajstić information content (AvgIpc) is 2.53. The second-order valence-corrected chi connectivity index (χ2v) is 6.33. The molecule has 1 heterocycles. The van der Waals surface area contributed by atoms with E-state index in [2.05, 4.69) is 21.2 Å². The highest BCUT2D eigenvalue weighted by molar-refractivity contribution is 9.10. The van der Waals surface area contributed by atoms with E-state index in [1.165, 1.54) is 0 Å². The SMILES string of the molecule is Cl.NCCC(=O)NCC1CCCCN1C(=O)c1ccccc1Br. The van der Waals surface area contributed by atoms with Crippen LogP contribution in [0.2, 0.25) is 0 Å². The Labute approximate surface area is 151 Å². The molecule has 1 aliphatic rings. The normalized spacial score (nSPS) is 17.3. The smallest absolute Gasteiger partial charge is 0.255 e. The molecule has 2 rings (SSSR count). The number of rotatable bonds is 5. The summed E-state index contributed by atoms with van der Waals surface area (Å²) in [6.45, 7) is 1.57. The first kappa shape index (κ1) is 19.9. The van der Waals surface area contributed by atoms with E-state index in [-0.39, 0.29) is 30.3 Å². The van der Waals surface area contributed by atoms with E-state index in [1.807, 2.05) is 29.2 Å². The van der Waals surface area contributed by atoms with Crippen molar-refractivity contribution in [2.45, 2.75) is 31.7 Å². The predicted molar refractivity (Wildman–Crippen MR) is 96.7 cm³/mol. The zero-order valence-electron chi connectivity index (χ0n) is 13.0. The number of likely N-dealkylation sites (tertiary alicyclic amines) is 1. The minimum atomic E-state index is -0.0543. The molecule has 0 saturated carbocycles. The average molecular weight is 405 g/mol. The lowest BCUT2D eigenvalue weighted by molar-refractivity contribution is -0.121. The highest BCUT2D eigenvalue weighted by atomic mass is 79.9. The van der Waals surface area contributed by atoms with Crippen LogP contribution in [0.5, 0.6) is 0 Å². The van der Waals surface area contributed by atoms with Gasteiger partial charge in [0.15, 0.2) is 0 Å². The number of piperidine rings is 1. The summed E-state index contributed by atoms with van der Waals surface area (Å²) in [6.07, 6.45) is 3.32. The maximum Gasteiger partial charge on any atom is 0.255 e. The van der Waals surface area contributed by atoms with Crippen LogP contribution in [0.3, 0.4) is 0 Å². The van der Waals surface area contributed by atoms with Crippen molar-refractivity contribution in [3.8, 4) is 0 Å². The third-order valence-corrected chi connectivity index (χ3v) is 4.59. The summed E-state index contributed by atoms with van der Waals surface area (Å²) in [5.41, 5.74) is 6.04. The summed E-state index contributed by atoms with van der Waals surface area (Å²) in [4.78, 5) is 26.2. The summed E-state index contributed by atoms with van der Waals surface area (Å²) in [5, 5.41) is 2.88. The lowest BCUT2D eigenvalue weighted by Gasteiger charge is -2.36. The number of amides is 2. The van der Waals surface area contributed by atoms with Crippen LogP contribution >= 0.6 is 28.3 Å². The molecule has 7 heteroatoms. The number of nitrogens with zero attached hydrogens (tertiary/aromatic N) is 1. The second-order valence-electron chi connectivity index (χ2n) is 5.47. The van der Waals surface area contributed by atoms with Crippen LogP contribution < -0.4 is 11.1 Å². The van der Waals surface area contributed by atoms with Crippen LogP contribution in [0.15, 0.2) is 28.7 Å². The number of benzene rings is 1. The molecule has 0 radical (unpaired) electrons. The Hall–Kier alpha value is -1.11. The zero-order chi connectivity index (χ0) is 15.9. The van der Waals surface area contributed by atoms with Gasteiger partial charge in [0, 0.05) is 36.6 Å². The van der Waals surface area contributed by atoms with Crippen molar-refractivity contribution >= 4 is 40.2 Å². The largest absolute Gasteiger partial charge is 0.354 e. The van der Waals surface area contributed by atoms with Crippen molar-refractivity contribution in [3.05, 3.63) is 34.3 Å². The van der Waals surface area contributed by atoms with Crippen molar-refractivity contribution in [3.63, 3.8) is 0 Å². The highest BCUT2D eigenvalue weighted by Crippen LogP contribution is 2.23. The standard InChI is InChI=1S/C16H22BrN3O2.ClH/c17-14-7-2-1-6-13(14)16(22)20-10-4-3-5-12(20)11-19-15(21)8-9-18;/h1-2,6-7,12H,3-5,8-11,18H2,(H,19,21);1H. The van der Waals surface area contributed by atoms with Crippen molar-refractivity contribution in [1.29, 1.82) is 0 Å². The fraction of sp³-hybridized carbons (Fsp3) is 0.500. The summed E-state index contributed by atoms with van der Waals surface area (Å²) in [7, 11) is 0. The number of carbonyl (C=O) groups excluding carboxylic acids is 2. The van der Waals surface area contributed by atoms with Gasteiger partial charge in [-0.15, -0.1) is 12.4 Å². The zero-order valence-corrected chi connectivity index (χ0v) is 15.4. The molecular weight excluding hydrogens is 382 g/mol. The second kappa shape index (κ2) is 9.90. The van der Waals surface area contributed by atoms with Gasteiger partial charge in [0.1, 0.15) is 0 Å². The van der Waals surface area contributed by atoms with Gasteiger partial charge in [0.25, 0.3) is 5.91 Å². The van der Waals surface area contributed by atoms with Gasteiger partial charge in [-0.2, -0.15) is 0 Å². The minimum absolute atomic E-state index is 0. The molecule has 128 valence electrons. The molecule has 0 aliphatic carbocycles. The first-order valence-corrected chi connectivity index (χ1v) is 8.45. The molecule has 1 atom stereocenters. The summed E-state index contributed by atoms with van der Waals surface area (Å²) in [6, 6.07) is 7.50. The van der Waals surface area contributed by atoms with E-state index in [4.69, 9.17) is 5.73 Å². The van der Waals surface area contributed by atoms with Gasteiger partial charge in [-0.25, -0.2) is 0 Å². The van der Waals surface area contributed by atoms with E-state index < -0.39 is 0 Å². The Morgan fingerprint density at radius 2 is 2.04 bits per heavy atom. The molecule has 1 saturated heterocycles. The van der Waals surface area contributed by atoms with Crippen molar-refractivity contribution < 1.29 is 9.59 Å². The quantitative estimate of drug-likeness (QED) is 0.791. The van der Waals surface area contributed by atoms with Crippen molar-refractivity contribution in [2.24, 2.45) is 5.73 Å². The number of carbonyl (C=O) groups is 2. The maximum absolute atomic E-state index is 12.8. The molecule has 5 nitrogen and oxygen atoms in total. The first-order valence-electron chi connectivity index (χ1n) is 7.65. The maximum atomic E-state index is 12.8. The Balaban J connectivity index is 0.00000264. The van der Waals surface area contributed by atoms with E-state index in [0.29, 0.717) is 25.1 Å². The molecular formula is C16H23BrClN3O2. The van der Waals surface area contributed by atoms with Crippen LogP contribution in [0.25, 0.3) is 0 Å². The highest BCUT2D eigenvalue weighted by Gasteiger charge is 2.28. The molecule has 23 heavy (non-hydrogen) atoms. The van der Waals surface area contributed by atoms with Gasteiger partial charge in [-0.1, -0.05) is 12.1 Å². The van der Waals surface area contributed by atoms with Crippen LogP contribution in [0.1, 0.15) is 36.0 Å². The fourth-order valence-electron chi connectivity index (χ4n) is 2.72. The third kappa shape index (κ3) is 5.48. The Bertz CT molecular complexity index is 542. The molecule has 1 fully saturated rings. The Morgan fingerprint density at radius 3 is 2.74 bits per heavy atom. The van der Waals surface area contributed by atoms with Crippen LogP contribution in [0.4, 0.5) is 0 Å². The lowest BCUT2D eigenvalue weighted by atomic mass is 10.0. The van der Waals surface area contributed by atoms with Crippen LogP contribution in [0, 0.1) is 0 Å². The fourth-order valence-corrected chi connectivity index (χ4v) is 3.18. The molecule has 1 aromatic carbocycles. The number of halogens is 2. The molecule has 0 aromatic heterocycles. The summed E-state index contributed by atoms with van der Waals surface area (Å²) >= 11 is 3.44. The molecule has 3 N–H and O–H groups in total. The number of nitrogens with two attached hydrogens (primary N) is 1. The first-order chi connectivity index (χ1) is 10.6. The number of hydrogen-bond donors (Lipinski definition) is 2. The summed E-state index contributed by atoms with van der Waals surface area (Å²) < 4.78 is 0.802. The van der Waals surface area contributed by atoms with Gasteiger partial charge >= 0.3 is 0 Å². The van der Waals surface area contributed by atoms with E-state index >= 15 is 0 Å². The molecule has 0 bridgehead atoms. The number of hydrogen-bond acceptors (Lipinski definition) is 3. The molecule has 1 aromatic rings. The molecule has 1 unspecified atom stereocenters. The molecule has 2 amide bonds. The third-order valence-electron chi connectivity index (χ3n) is 3.90. The van der Waals surface area contributed by atoms with Gasteiger partial charge in [-0.05, 0) is 47.3 Å². The monoisotopic (exact) mass is 403 g/mol. The van der Waals surface area contributed by atoms with Gasteiger partial charge in [-0.3, -0.25) is 9.59 Å². The van der Waals surface area contributed by atoms with E-state index in [9.17, 15) is 9.59 Å². The van der Waals surface area contributed by atoms with Crippen LogP contribution in [-0.4, -0.2) is 42.4 Å². The van der Waals surface area contributed by atoms with E-state index in [1.54, 1.807) is 0 Å². The predicted octanol–water partition coefficient (Wildman–Crippen LogP) is 2.33. The van der Waals surface area contributed by atoms with Crippen molar-refractivity contribution in [2.75, 3.05) is 19.6 Å². The van der Waals surface area contributed by atoms with Crippen molar-refractivity contribution in [1.82, 2.24) is 10.2 Å². The van der Waals surface area contributed by atoms with E-state index in [0.717, 1.165) is 30.3 Å². The number of nitrogens with one attached hydrogen (secondary N) is 1. The molecule has 0 spiro atoms. The van der Waals surface area contributed by atoms with Gasteiger partial charge in [0.2, 0.25) is 5.91 Å². The lowest BCUT2D eigenvalue weighted by Crippen LogP contribution is -2.49. The van der Waals surface area contributed by atoms with Gasteiger partial charge < -0.3 is 16.0 Å². The minimum Gasteiger partial charge on any atom is -0.354 e.